The molecule has 1 N–H and O–H groups in total. The first kappa shape index (κ1) is 26.9. The molecule has 11 heteroatoms. The van der Waals surface area contributed by atoms with Crippen LogP contribution < -0.4 is 15.6 Å². The summed E-state index contributed by atoms with van der Waals surface area (Å²) in [5.41, 5.74) is 1.73. The molecule has 2 aromatic heterocycles. The molecule has 2 heterocycles. The van der Waals surface area contributed by atoms with E-state index >= 15 is 0 Å². The van der Waals surface area contributed by atoms with E-state index in [9.17, 15) is 22.8 Å². The Kier molecular flexibility index (Phi) is 7.54. The van der Waals surface area contributed by atoms with Crippen LogP contribution in [0.3, 0.4) is 0 Å². The Bertz CT molecular complexity index is 1730. The molecular formula is C29H26F3N5O3. The molecule has 8 nitrogen and oxygen atoms in total. The summed E-state index contributed by atoms with van der Waals surface area (Å²) in [5.74, 6) is 0.706. The summed E-state index contributed by atoms with van der Waals surface area (Å²) in [6.07, 6.45) is -4.11. The summed E-state index contributed by atoms with van der Waals surface area (Å²) in [6, 6.07) is 19.7. The van der Waals surface area contributed by atoms with Gasteiger partial charge in [-0.25, -0.2) is 0 Å². The number of ether oxygens (including phenoxy) is 1. The first-order valence-electron chi connectivity index (χ1n) is 12.7. The fourth-order valence-electron chi connectivity index (χ4n) is 4.43. The van der Waals surface area contributed by atoms with E-state index in [1.807, 2.05) is 43.3 Å². The Labute approximate surface area is 227 Å². The van der Waals surface area contributed by atoms with E-state index in [4.69, 9.17) is 4.74 Å². The number of halogens is 3. The van der Waals surface area contributed by atoms with Crippen molar-refractivity contribution in [3.05, 3.63) is 106 Å². The largest absolute Gasteiger partial charge is 0.492 e. The summed E-state index contributed by atoms with van der Waals surface area (Å²) >= 11 is 0. The van der Waals surface area contributed by atoms with Gasteiger partial charge in [-0.05, 0) is 42.8 Å². The van der Waals surface area contributed by atoms with Crippen molar-refractivity contribution in [1.82, 2.24) is 24.5 Å². The van der Waals surface area contributed by atoms with Gasteiger partial charge >= 0.3 is 6.18 Å². The van der Waals surface area contributed by atoms with Crippen molar-refractivity contribution in [3.8, 4) is 5.75 Å². The van der Waals surface area contributed by atoms with E-state index in [1.165, 1.54) is 12.1 Å². The molecule has 1 amide bonds. The van der Waals surface area contributed by atoms with E-state index in [-0.39, 0.29) is 43.2 Å². The second kappa shape index (κ2) is 11.2. The van der Waals surface area contributed by atoms with Crippen LogP contribution in [0.5, 0.6) is 5.75 Å². The molecule has 5 aromatic rings. The molecule has 206 valence electrons. The smallest absolute Gasteiger partial charge is 0.416 e. The zero-order chi connectivity index (χ0) is 28.3. The van der Waals surface area contributed by atoms with Crippen molar-refractivity contribution in [2.75, 3.05) is 13.2 Å². The number of alkyl halides is 3. The number of hydrogen-bond donors (Lipinski definition) is 1. The first-order valence-corrected chi connectivity index (χ1v) is 12.7. The van der Waals surface area contributed by atoms with Gasteiger partial charge in [-0.1, -0.05) is 48.0 Å². The van der Waals surface area contributed by atoms with Crippen LogP contribution in [0.1, 0.15) is 28.9 Å². The van der Waals surface area contributed by atoms with Gasteiger partial charge in [0.1, 0.15) is 18.2 Å². The van der Waals surface area contributed by atoms with Crippen molar-refractivity contribution in [2.24, 2.45) is 0 Å². The standard InChI is InChI=1S/C29H26F3N5O3/c1-19-9-11-20(12-10-19)18-36-27(39)23-7-2-3-8-24(23)37-25(34-35-28(36)37)13-14-26(38)33-15-16-40-22-6-4-5-21(17-22)29(30,31)32/h2-12,17H,13-16,18H2,1H3,(H,33,38). The summed E-state index contributed by atoms with van der Waals surface area (Å²) in [7, 11) is 0. The lowest BCUT2D eigenvalue weighted by molar-refractivity contribution is -0.137. The van der Waals surface area contributed by atoms with Crippen molar-refractivity contribution < 1.29 is 22.7 Å². The van der Waals surface area contributed by atoms with Gasteiger partial charge in [0.15, 0.2) is 0 Å². The van der Waals surface area contributed by atoms with Crippen molar-refractivity contribution in [2.45, 2.75) is 32.5 Å². The molecule has 0 fully saturated rings. The van der Waals surface area contributed by atoms with Crippen LogP contribution in [0.25, 0.3) is 16.7 Å². The van der Waals surface area contributed by atoms with Gasteiger partial charge in [0.2, 0.25) is 11.7 Å². The van der Waals surface area contributed by atoms with Crippen LogP contribution in [-0.4, -0.2) is 38.2 Å². The van der Waals surface area contributed by atoms with Crippen LogP contribution in [0.4, 0.5) is 13.2 Å². The topological polar surface area (TPSA) is 90.5 Å². The summed E-state index contributed by atoms with van der Waals surface area (Å²) in [4.78, 5) is 25.9. The number of para-hydroxylation sites is 1. The highest BCUT2D eigenvalue weighted by Crippen LogP contribution is 2.31. The highest BCUT2D eigenvalue weighted by Gasteiger charge is 2.30. The van der Waals surface area contributed by atoms with E-state index in [0.29, 0.717) is 29.0 Å². The number of aromatic nitrogens is 4. The van der Waals surface area contributed by atoms with Gasteiger partial charge in [0.25, 0.3) is 5.56 Å². The number of rotatable bonds is 9. The Balaban J connectivity index is 1.27. The second-order valence-electron chi connectivity index (χ2n) is 9.37. The van der Waals surface area contributed by atoms with Crippen LogP contribution in [0.2, 0.25) is 0 Å². The van der Waals surface area contributed by atoms with Crippen molar-refractivity contribution >= 4 is 22.6 Å². The molecule has 3 aromatic carbocycles. The summed E-state index contributed by atoms with van der Waals surface area (Å²) < 4.78 is 47.3. The molecule has 0 atom stereocenters. The van der Waals surface area contributed by atoms with Crippen molar-refractivity contribution in [3.63, 3.8) is 0 Å². The maximum absolute atomic E-state index is 13.4. The third-order valence-electron chi connectivity index (χ3n) is 6.47. The fraction of sp³-hybridized carbons (Fsp3) is 0.241. The molecule has 0 aliphatic rings. The SMILES string of the molecule is Cc1ccc(Cn2c(=O)c3ccccc3n3c(CCC(=O)NCCOc4cccc(C(F)(F)F)c4)nnc23)cc1. The normalized spacial score (nSPS) is 11.7. The Morgan fingerprint density at radius 2 is 1.77 bits per heavy atom. The number of hydrogen-bond acceptors (Lipinski definition) is 5. The van der Waals surface area contributed by atoms with Gasteiger partial charge in [0, 0.05) is 12.8 Å². The number of benzene rings is 3. The predicted molar refractivity (Wildman–Crippen MR) is 143 cm³/mol. The molecule has 0 bridgehead atoms. The number of fused-ring (bicyclic) bond motifs is 3. The monoisotopic (exact) mass is 549 g/mol. The third-order valence-corrected chi connectivity index (χ3v) is 6.47. The third kappa shape index (κ3) is 5.83. The first-order chi connectivity index (χ1) is 19.2. The van der Waals surface area contributed by atoms with E-state index in [1.54, 1.807) is 21.1 Å². The van der Waals surface area contributed by atoms with Gasteiger partial charge in [0.05, 0.1) is 29.6 Å². The van der Waals surface area contributed by atoms with Gasteiger partial charge in [-0.15, -0.1) is 10.2 Å². The molecule has 0 unspecified atom stereocenters. The molecule has 40 heavy (non-hydrogen) atoms. The lowest BCUT2D eigenvalue weighted by Gasteiger charge is -2.12. The molecule has 0 saturated heterocycles. The van der Waals surface area contributed by atoms with E-state index in [2.05, 4.69) is 15.5 Å². The summed E-state index contributed by atoms with van der Waals surface area (Å²) in [5, 5.41) is 11.8. The summed E-state index contributed by atoms with van der Waals surface area (Å²) in [6.45, 7) is 2.44. The highest BCUT2D eigenvalue weighted by molar-refractivity contribution is 5.80. The molecule has 0 saturated carbocycles. The second-order valence-corrected chi connectivity index (χ2v) is 9.37. The Morgan fingerprint density at radius 1 is 1.00 bits per heavy atom. The number of amides is 1. The zero-order valence-corrected chi connectivity index (χ0v) is 21.6. The molecule has 0 spiro atoms. The van der Waals surface area contributed by atoms with Crippen LogP contribution >= 0.6 is 0 Å². The predicted octanol–water partition coefficient (Wildman–Crippen LogP) is 4.55. The number of nitrogens with one attached hydrogen (secondary N) is 1. The molecule has 0 aliphatic carbocycles. The minimum absolute atomic E-state index is 0.0108. The average Bonchev–Trinajstić information content (AvgIpc) is 3.37. The van der Waals surface area contributed by atoms with Crippen LogP contribution in [0, 0.1) is 6.92 Å². The van der Waals surface area contributed by atoms with E-state index in [0.717, 1.165) is 23.3 Å². The number of carbonyl (C=O) groups excluding carboxylic acids is 1. The Hall–Kier alpha value is -4.67. The molecular weight excluding hydrogens is 523 g/mol. The Morgan fingerprint density at radius 3 is 2.55 bits per heavy atom. The van der Waals surface area contributed by atoms with Gasteiger partial charge < -0.3 is 10.1 Å². The highest BCUT2D eigenvalue weighted by atomic mass is 19.4. The average molecular weight is 550 g/mol. The minimum atomic E-state index is -4.46. The maximum atomic E-state index is 13.4. The van der Waals surface area contributed by atoms with Gasteiger partial charge in [-0.3, -0.25) is 18.6 Å². The molecule has 0 radical (unpaired) electrons. The lowest BCUT2D eigenvalue weighted by Crippen LogP contribution is -2.28. The quantitative estimate of drug-likeness (QED) is 0.273. The van der Waals surface area contributed by atoms with E-state index < -0.39 is 11.7 Å². The van der Waals surface area contributed by atoms with Crippen LogP contribution in [-0.2, 0) is 23.9 Å². The molecule has 0 aliphatic heterocycles. The minimum Gasteiger partial charge on any atom is -0.492 e. The number of carbonyl (C=O) groups is 1. The fourth-order valence-corrected chi connectivity index (χ4v) is 4.43. The maximum Gasteiger partial charge on any atom is 0.416 e. The lowest BCUT2D eigenvalue weighted by atomic mass is 10.1. The number of aryl methyl sites for hydroxylation is 2. The zero-order valence-electron chi connectivity index (χ0n) is 21.6. The van der Waals surface area contributed by atoms with Gasteiger partial charge in [-0.2, -0.15) is 13.2 Å². The number of nitrogens with zero attached hydrogens (tertiary/aromatic N) is 4. The molecule has 5 rings (SSSR count). The van der Waals surface area contributed by atoms with Crippen molar-refractivity contribution in [1.29, 1.82) is 0 Å². The van der Waals surface area contributed by atoms with Crippen LogP contribution in [0.15, 0.2) is 77.6 Å².